The smallest absolute Gasteiger partial charge is 0.122 e. The van der Waals surface area contributed by atoms with Gasteiger partial charge in [-0.15, -0.1) is 0 Å². The third kappa shape index (κ3) is 7.26. The summed E-state index contributed by atoms with van der Waals surface area (Å²) in [6.07, 6.45) is -0.0858. The van der Waals surface area contributed by atoms with Gasteiger partial charge in [-0.1, -0.05) is 72.8 Å². The Morgan fingerprint density at radius 2 is 1.22 bits per heavy atom. The Balaban J connectivity index is 1.37. The molecular formula is C41H46O8. The molecule has 0 aromatic heterocycles. The molecule has 4 unspecified atom stereocenters. The van der Waals surface area contributed by atoms with E-state index in [-0.39, 0.29) is 32.0 Å². The van der Waals surface area contributed by atoms with Crippen LogP contribution in [0, 0.1) is 0 Å². The molecule has 4 aromatic rings. The van der Waals surface area contributed by atoms with Crippen LogP contribution >= 0.6 is 0 Å². The Bertz CT molecular complexity index is 1680. The fraction of sp³-hybridized carbons (Fsp3) is 0.415. The molecule has 8 nitrogen and oxygen atoms in total. The molecule has 2 aliphatic heterocycles. The lowest BCUT2D eigenvalue weighted by molar-refractivity contribution is 0.0162. The van der Waals surface area contributed by atoms with Gasteiger partial charge in [0.1, 0.15) is 36.9 Å². The van der Waals surface area contributed by atoms with Crippen LogP contribution in [0.5, 0.6) is 11.5 Å². The molecule has 2 N–H and O–H groups in total. The molecule has 258 valence electrons. The van der Waals surface area contributed by atoms with Gasteiger partial charge in [0.2, 0.25) is 0 Å². The monoisotopic (exact) mass is 666 g/mol. The number of epoxide rings is 2. The maximum atomic E-state index is 11.0. The fourth-order valence-electron chi connectivity index (χ4n) is 7.08. The Morgan fingerprint density at radius 3 is 1.82 bits per heavy atom. The lowest BCUT2D eigenvalue weighted by Crippen LogP contribution is -2.29. The highest BCUT2D eigenvalue weighted by molar-refractivity contribution is 5.86. The molecule has 0 bridgehead atoms. The van der Waals surface area contributed by atoms with Gasteiger partial charge in [-0.25, -0.2) is 0 Å². The van der Waals surface area contributed by atoms with E-state index in [1.54, 1.807) is 0 Å². The minimum atomic E-state index is -0.728. The van der Waals surface area contributed by atoms with Crippen LogP contribution in [0.2, 0.25) is 0 Å². The number of aliphatic hydroxyl groups is 2. The van der Waals surface area contributed by atoms with Crippen LogP contribution in [0.25, 0.3) is 11.1 Å². The van der Waals surface area contributed by atoms with Gasteiger partial charge >= 0.3 is 0 Å². The number of hydrogen-bond donors (Lipinski definition) is 2. The Hall–Kier alpha value is -3.76. The van der Waals surface area contributed by atoms with Gasteiger partial charge in [0.05, 0.1) is 44.1 Å². The molecule has 3 aliphatic rings. The number of rotatable bonds is 18. The average molecular weight is 667 g/mol. The predicted molar refractivity (Wildman–Crippen MR) is 187 cm³/mol. The van der Waals surface area contributed by atoms with Crippen LogP contribution in [-0.2, 0) is 37.2 Å². The summed E-state index contributed by atoms with van der Waals surface area (Å²) in [4.78, 5) is 0. The van der Waals surface area contributed by atoms with E-state index in [9.17, 15) is 10.2 Å². The van der Waals surface area contributed by atoms with Gasteiger partial charge in [0.15, 0.2) is 0 Å². The molecule has 2 heterocycles. The molecule has 2 fully saturated rings. The number of benzene rings is 4. The normalized spacial score (nSPS) is 19.5. The lowest BCUT2D eigenvalue weighted by Gasteiger charge is -2.35. The SMILES string of the molecule is CCOCC(O)COc1ccc(C2(c3ccc(OCC4CO4)c(CC(O)COCC)c3)c3ccccc3-c3ccccc32)cc1CC1CO1. The van der Waals surface area contributed by atoms with E-state index in [2.05, 4.69) is 72.8 Å². The van der Waals surface area contributed by atoms with Crippen molar-refractivity contribution in [1.29, 1.82) is 0 Å². The van der Waals surface area contributed by atoms with Crippen LogP contribution in [0.15, 0.2) is 84.9 Å². The van der Waals surface area contributed by atoms with Gasteiger partial charge in [-0.3, -0.25) is 0 Å². The van der Waals surface area contributed by atoms with Crippen molar-refractivity contribution in [3.63, 3.8) is 0 Å². The summed E-state index contributed by atoms with van der Waals surface area (Å²) in [5.41, 5.74) is 8.21. The summed E-state index contributed by atoms with van der Waals surface area (Å²) >= 11 is 0. The molecular weight excluding hydrogens is 620 g/mol. The largest absolute Gasteiger partial charge is 0.491 e. The summed E-state index contributed by atoms with van der Waals surface area (Å²) in [6.45, 7) is 7.41. The first-order valence-electron chi connectivity index (χ1n) is 17.5. The van der Waals surface area contributed by atoms with Gasteiger partial charge in [0.25, 0.3) is 0 Å². The van der Waals surface area contributed by atoms with Crippen LogP contribution in [-0.4, -0.2) is 87.5 Å². The standard InChI is InChI=1S/C41H46O8/c1-3-44-21-31(42)19-27-17-29(13-15-39(27)49-26-34-25-47-34)41(37-11-7-5-9-35(37)36-10-6-8-12-38(36)41)30-14-16-40(28(18-30)20-33-24-46-33)48-23-32(43)22-45-4-2/h5-18,31-34,42-43H,3-4,19-26H2,1-2H3. The van der Waals surface area contributed by atoms with E-state index in [4.69, 9.17) is 28.4 Å². The van der Waals surface area contributed by atoms with Crippen LogP contribution in [0.3, 0.4) is 0 Å². The highest BCUT2D eigenvalue weighted by Gasteiger charge is 2.46. The average Bonchev–Trinajstić information content (AvgIpc) is 4.07. The first kappa shape index (κ1) is 33.7. The highest BCUT2D eigenvalue weighted by Crippen LogP contribution is 2.56. The first-order chi connectivity index (χ1) is 24.0. The summed E-state index contributed by atoms with van der Waals surface area (Å²) in [7, 11) is 0. The van der Waals surface area contributed by atoms with E-state index in [1.807, 2.05) is 26.0 Å². The molecule has 1 aliphatic carbocycles. The van der Waals surface area contributed by atoms with Crippen LogP contribution < -0.4 is 9.47 Å². The topological polar surface area (TPSA) is 102 Å². The second-order valence-corrected chi connectivity index (χ2v) is 13.1. The van der Waals surface area contributed by atoms with Crippen molar-refractivity contribution in [1.82, 2.24) is 0 Å². The lowest BCUT2D eigenvalue weighted by atomic mass is 9.67. The molecule has 2 saturated heterocycles. The van der Waals surface area contributed by atoms with Crippen molar-refractivity contribution in [2.24, 2.45) is 0 Å². The fourth-order valence-corrected chi connectivity index (χ4v) is 7.08. The van der Waals surface area contributed by atoms with Crippen molar-refractivity contribution < 1.29 is 38.6 Å². The summed E-state index contributed by atoms with van der Waals surface area (Å²) < 4.78 is 34.6. The van der Waals surface area contributed by atoms with Gasteiger partial charge in [-0.2, -0.15) is 0 Å². The molecule has 4 atom stereocenters. The number of hydrogen-bond acceptors (Lipinski definition) is 8. The zero-order chi connectivity index (χ0) is 33.8. The van der Waals surface area contributed by atoms with Gasteiger partial charge < -0.3 is 38.6 Å². The first-order valence-corrected chi connectivity index (χ1v) is 17.5. The second kappa shape index (κ2) is 15.0. The van der Waals surface area contributed by atoms with Crippen molar-refractivity contribution in [2.45, 2.75) is 56.5 Å². The summed E-state index contributed by atoms with van der Waals surface area (Å²) in [5.74, 6) is 1.47. The maximum absolute atomic E-state index is 11.0. The number of ether oxygens (including phenoxy) is 6. The summed E-state index contributed by atoms with van der Waals surface area (Å²) in [6, 6.07) is 30.1. The van der Waals surface area contributed by atoms with E-state index >= 15 is 0 Å². The molecule has 0 radical (unpaired) electrons. The molecule has 4 aromatic carbocycles. The van der Waals surface area contributed by atoms with E-state index in [0.717, 1.165) is 33.8 Å². The molecule has 49 heavy (non-hydrogen) atoms. The third-order valence-corrected chi connectivity index (χ3v) is 9.53. The van der Waals surface area contributed by atoms with E-state index in [1.165, 1.54) is 22.3 Å². The quantitative estimate of drug-likeness (QED) is 0.119. The summed E-state index contributed by atoms with van der Waals surface area (Å²) in [5, 5.41) is 21.5. The van der Waals surface area contributed by atoms with Crippen molar-refractivity contribution in [3.05, 3.63) is 118 Å². The molecule has 0 saturated carbocycles. The van der Waals surface area contributed by atoms with Crippen LogP contribution in [0.4, 0.5) is 0 Å². The third-order valence-electron chi connectivity index (χ3n) is 9.53. The molecule has 0 spiro atoms. The van der Waals surface area contributed by atoms with Crippen molar-refractivity contribution in [2.75, 3.05) is 52.9 Å². The van der Waals surface area contributed by atoms with E-state index < -0.39 is 17.6 Å². The Kier molecular flexibility index (Phi) is 10.3. The zero-order valence-electron chi connectivity index (χ0n) is 28.3. The Labute approximate surface area is 288 Å². The minimum Gasteiger partial charge on any atom is -0.491 e. The van der Waals surface area contributed by atoms with Crippen molar-refractivity contribution in [3.8, 4) is 22.6 Å². The molecule has 0 amide bonds. The minimum absolute atomic E-state index is 0.107. The van der Waals surface area contributed by atoms with E-state index in [0.29, 0.717) is 45.9 Å². The highest BCUT2D eigenvalue weighted by atomic mass is 16.6. The van der Waals surface area contributed by atoms with Crippen LogP contribution in [0.1, 0.15) is 47.2 Å². The zero-order valence-corrected chi connectivity index (χ0v) is 28.3. The number of aliphatic hydroxyl groups excluding tert-OH is 2. The predicted octanol–water partition coefficient (Wildman–Crippen LogP) is 5.48. The van der Waals surface area contributed by atoms with Crippen molar-refractivity contribution >= 4 is 0 Å². The second-order valence-electron chi connectivity index (χ2n) is 13.1. The van der Waals surface area contributed by atoms with Gasteiger partial charge in [0, 0.05) is 26.1 Å². The Morgan fingerprint density at radius 1 is 0.673 bits per heavy atom. The van der Waals surface area contributed by atoms with Gasteiger partial charge in [-0.05, 0) is 70.5 Å². The maximum Gasteiger partial charge on any atom is 0.122 e. The molecule has 8 heteroatoms. The molecule has 7 rings (SSSR count). The number of fused-ring (bicyclic) bond motifs is 3.